The van der Waals surface area contributed by atoms with Crippen LogP contribution in [-0.2, 0) is 28.6 Å². The van der Waals surface area contributed by atoms with Crippen LogP contribution in [0.2, 0.25) is 0 Å². The monoisotopic (exact) mass is 1120 g/mol. The van der Waals surface area contributed by atoms with Crippen LogP contribution >= 0.6 is 0 Å². The first kappa shape index (κ1) is 76.3. The zero-order chi connectivity index (χ0) is 58.5. The van der Waals surface area contributed by atoms with Gasteiger partial charge in [-0.2, -0.15) is 0 Å². The molecule has 458 valence electrons. The van der Waals surface area contributed by atoms with Gasteiger partial charge in [-0.1, -0.05) is 295 Å². The van der Waals surface area contributed by atoms with Crippen molar-refractivity contribution in [2.75, 3.05) is 13.2 Å². The summed E-state index contributed by atoms with van der Waals surface area (Å²) >= 11 is 0. The predicted octanol–water partition coefficient (Wildman–Crippen LogP) is 23.1. The zero-order valence-corrected chi connectivity index (χ0v) is 52.5. The number of ether oxygens (including phenoxy) is 3. The average Bonchev–Trinajstić information content (AvgIpc) is 3.47. The predicted molar refractivity (Wildman–Crippen MR) is 352 cm³/mol. The lowest BCUT2D eigenvalue weighted by atomic mass is 10.0. The van der Waals surface area contributed by atoms with Gasteiger partial charge in [-0.25, -0.2) is 0 Å². The first-order chi connectivity index (χ1) is 40.0. The number of carbonyl (C=O) groups is 3. The highest BCUT2D eigenvalue weighted by Gasteiger charge is 2.19. The number of esters is 3. The van der Waals surface area contributed by atoms with E-state index in [0.717, 1.165) is 141 Å². The van der Waals surface area contributed by atoms with Gasteiger partial charge in [0, 0.05) is 19.3 Å². The van der Waals surface area contributed by atoms with Crippen LogP contribution in [0.25, 0.3) is 0 Å². The summed E-state index contributed by atoms with van der Waals surface area (Å²) in [6, 6.07) is 0. The molecule has 0 amide bonds. The second-order valence-corrected chi connectivity index (χ2v) is 21.6. The van der Waals surface area contributed by atoms with Crippen molar-refractivity contribution in [3.8, 4) is 0 Å². The maximum Gasteiger partial charge on any atom is 0.306 e. The first-order valence-corrected chi connectivity index (χ1v) is 33.3. The van der Waals surface area contributed by atoms with Gasteiger partial charge in [-0.3, -0.25) is 14.4 Å². The molecule has 0 fully saturated rings. The molecule has 0 aromatic carbocycles. The summed E-state index contributed by atoms with van der Waals surface area (Å²) in [6.07, 6.45) is 97.3. The van der Waals surface area contributed by atoms with Gasteiger partial charge < -0.3 is 14.2 Å². The van der Waals surface area contributed by atoms with Gasteiger partial charge in [0.2, 0.25) is 0 Å². The molecule has 0 aliphatic rings. The molecule has 0 aromatic heterocycles. The Kier molecular flexibility index (Phi) is 63.9. The van der Waals surface area contributed by atoms with E-state index in [2.05, 4.69) is 167 Å². The molecule has 0 bridgehead atoms. The summed E-state index contributed by atoms with van der Waals surface area (Å²) in [5.74, 6) is -0.927. The smallest absolute Gasteiger partial charge is 0.306 e. The van der Waals surface area contributed by atoms with Crippen molar-refractivity contribution in [1.29, 1.82) is 0 Å². The Morgan fingerprint density at radius 1 is 0.259 bits per heavy atom. The number of allylic oxidation sites excluding steroid dienone is 24. The Labute approximate surface area is 499 Å². The van der Waals surface area contributed by atoms with Crippen LogP contribution in [0.4, 0.5) is 0 Å². The van der Waals surface area contributed by atoms with Crippen LogP contribution in [-0.4, -0.2) is 37.2 Å². The van der Waals surface area contributed by atoms with Crippen LogP contribution < -0.4 is 0 Å². The van der Waals surface area contributed by atoms with Crippen molar-refractivity contribution in [3.63, 3.8) is 0 Å². The van der Waals surface area contributed by atoms with Crippen molar-refractivity contribution >= 4 is 17.9 Å². The van der Waals surface area contributed by atoms with E-state index in [1.54, 1.807) is 0 Å². The molecule has 0 spiro atoms. The summed E-state index contributed by atoms with van der Waals surface area (Å²) in [7, 11) is 0. The largest absolute Gasteiger partial charge is 0.462 e. The van der Waals surface area contributed by atoms with E-state index < -0.39 is 6.10 Å². The van der Waals surface area contributed by atoms with Crippen LogP contribution in [0.3, 0.4) is 0 Å². The van der Waals surface area contributed by atoms with Gasteiger partial charge in [0.25, 0.3) is 0 Å². The minimum absolute atomic E-state index is 0.0928. The average molecular weight is 1120 g/mol. The Hall–Kier alpha value is -4.71. The van der Waals surface area contributed by atoms with E-state index in [-0.39, 0.29) is 37.5 Å². The summed E-state index contributed by atoms with van der Waals surface area (Å²) in [5.41, 5.74) is 0. The first-order valence-electron chi connectivity index (χ1n) is 33.3. The Balaban J connectivity index is 4.18. The van der Waals surface area contributed by atoms with E-state index in [4.69, 9.17) is 14.2 Å². The Morgan fingerprint density at radius 2 is 0.481 bits per heavy atom. The van der Waals surface area contributed by atoms with Gasteiger partial charge in [0.15, 0.2) is 6.10 Å². The fourth-order valence-electron chi connectivity index (χ4n) is 8.92. The van der Waals surface area contributed by atoms with Gasteiger partial charge in [0.05, 0.1) is 0 Å². The number of carbonyl (C=O) groups excluding carboxylic acids is 3. The molecule has 0 saturated heterocycles. The molecule has 1 unspecified atom stereocenters. The van der Waals surface area contributed by atoms with E-state index in [0.29, 0.717) is 12.8 Å². The second-order valence-electron chi connectivity index (χ2n) is 21.6. The normalized spacial score (nSPS) is 13.1. The van der Waals surface area contributed by atoms with Gasteiger partial charge >= 0.3 is 17.9 Å². The van der Waals surface area contributed by atoms with Gasteiger partial charge in [0.1, 0.15) is 13.2 Å². The third-order valence-corrected chi connectivity index (χ3v) is 13.8. The second kappa shape index (κ2) is 67.8. The molecule has 0 rings (SSSR count). The molecule has 81 heavy (non-hydrogen) atoms. The highest BCUT2D eigenvalue weighted by atomic mass is 16.6. The number of hydrogen-bond acceptors (Lipinski definition) is 6. The third-order valence-electron chi connectivity index (χ3n) is 13.8. The lowest BCUT2D eigenvalue weighted by molar-refractivity contribution is -0.167. The summed E-state index contributed by atoms with van der Waals surface area (Å²) in [6.45, 7) is 6.37. The molecular formula is C75H122O6. The lowest BCUT2D eigenvalue weighted by Crippen LogP contribution is -2.30. The van der Waals surface area contributed by atoms with Crippen molar-refractivity contribution in [1.82, 2.24) is 0 Å². The molecule has 1 atom stereocenters. The minimum Gasteiger partial charge on any atom is -0.462 e. The number of rotatable bonds is 59. The van der Waals surface area contributed by atoms with Crippen LogP contribution in [0, 0.1) is 0 Å². The van der Waals surface area contributed by atoms with E-state index in [9.17, 15) is 14.4 Å². The molecule has 0 saturated carbocycles. The molecule has 0 aliphatic carbocycles. The molecule has 0 radical (unpaired) electrons. The minimum atomic E-state index is -0.798. The SMILES string of the molecule is CC/C=C\C/C=C\C/C=C\C/C=C\C/C=C\C/C=C\C/C=C\CCCCCCCCCCCCCCCC(=O)OCC(COC(=O)CCCCCCCCCCC)OC(=O)CCCCC/C=C\C/C=C\C/C=C\C/C=C\C/C=C\CC. The van der Waals surface area contributed by atoms with Gasteiger partial charge in [-0.05, 0) is 122 Å². The zero-order valence-electron chi connectivity index (χ0n) is 52.5. The summed E-state index contributed by atoms with van der Waals surface area (Å²) < 4.78 is 16.9. The van der Waals surface area contributed by atoms with Gasteiger partial charge in [-0.15, -0.1) is 0 Å². The summed E-state index contributed by atoms with van der Waals surface area (Å²) in [4.78, 5) is 38.2. The van der Waals surface area contributed by atoms with E-state index in [1.165, 1.54) is 109 Å². The van der Waals surface area contributed by atoms with Crippen LogP contribution in [0.15, 0.2) is 146 Å². The molecule has 0 N–H and O–H groups in total. The molecular weight excluding hydrogens is 997 g/mol. The highest BCUT2D eigenvalue weighted by molar-refractivity contribution is 5.71. The van der Waals surface area contributed by atoms with Crippen molar-refractivity contribution in [2.24, 2.45) is 0 Å². The lowest BCUT2D eigenvalue weighted by Gasteiger charge is -2.18. The fourth-order valence-corrected chi connectivity index (χ4v) is 8.92. The van der Waals surface area contributed by atoms with E-state index in [1.807, 2.05) is 0 Å². The van der Waals surface area contributed by atoms with Crippen LogP contribution in [0.5, 0.6) is 0 Å². The standard InChI is InChI=1S/C75H122O6/c1-4-7-10-13-16-19-21-23-25-27-29-30-31-32-33-34-35-36-37-38-39-40-41-42-43-44-46-47-49-51-53-56-59-62-65-68-74(77)80-71-72(70-79-73(76)67-64-61-58-55-18-15-12-9-6-3)81-75(78)69-66-63-60-57-54-52-50-48-45-28-26-24-22-20-17-14-11-8-5-2/h7-8,10-11,16-17,19-20,23-26,29-30,32-33,35-36,38-39,45,48,52,54,72H,4-6,9,12-15,18,21-22,27-28,31,34,37,40-44,46-47,49-51,53,55-71H2,1-3H3/b10-7-,11-8-,19-16-,20-17-,25-23-,26-24-,30-29-,33-32-,36-35-,39-38-,48-45-,54-52-. The Morgan fingerprint density at radius 3 is 0.765 bits per heavy atom. The van der Waals surface area contributed by atoms with Crippen molar-refractivity contribution in [3.05, 3.63) is 146 Å². The molecule has 6 nitrogen and oxygen atoms in total. The Bertz CT molecular complexity index is 1760. The maximum absolute atomic E-state index is 12.9. The van der Waals surface area contributed by atoms with E-state index >= 15 is 0 Å². The highest BCUT2D eigenvalue weighted by Crippen LogP contribution is 2.16. The maximum atomic E-state index is 12.9. The molecule has 0 aromatic rings. The number of unbranched alkanes of at least 4 members (excludes halogenated alkanes) is 24. The molecule has 0 aliphatic heterocycles. The molecule has 0 heterocycles. The summed E-state index contributed by atoms with van der Waals surface area (Å²) in [5, 5.41) is 0. The van der Waals surface area contributed by atoms with Crippen molar-refractivity contribution < 1.29 is 28.6 Å². The topological polar surface area (TPSA) is 78.9 Å². The van der Waals surface area contributed by atoms with Crippen LogP contribution in [0.1, 0.15) is 290 Å². The molecule has 6 heteroatoms. The quantitative estimate of drug-likeness (QED) is 0.0261. The number of hydrogen-bond donors (Lipinski definition) is 0. The fraction of sp³-hybridized carbons (Fsp3) is 0.640. The van der Waals surface area contributed by atoms with Crippen molar-refractivity contribution in [2.45, 2.75) is 297 Å². The third kappa shape index (κ3) is 66.0.